The normalized spacial score (nSPS) is 12.1. The number of nitrogens with zero attached hydrogens (tertiary/aromatic N) is 1. The lowest BCUT2D eigenvalue weighted by atomic mass is 9.96. The van der Waals surface area contributed by atoms with Crippen molar-refractivity contribution in [2.24, 2.45) is 0 Å². The van der Waals surface area contributed by atoms with E-state index in [4.69, 9.17) is 0 Å². The van der Waals surface area contributed by atoms with E-state index in [1.807, 2.05) is 6.07 Å². The summed E-state index contributed by atoms with van der Waals surface area (Å²) in [5.74, 6) is -0.837. The molecule has 1 atom stereocenters. The number of hydrogen-bond acceptors (Lipinski definition) is 3. The lowest BCUT2D eigenvalue weighted by molar-refractivity contribution is -0.119. The van der Waals surface area contributed by atoms with Crippen molar-refractivity contribution >= 4 is 16.8 Å². The van der Waals surface area contributed by atoms with Crippen LogP contribution in [0.3, 0.4) is 0 Å². The molecule has 0 spiro atoms. The van der Waals surface area contributed by atoms with Crippen molar-refractivity contribution in [3.05, 3.63) is 71.7 Å². The topological polar surface area (TPSA) is 62.2 Å². The third-order valence-electron chi connectivity index (χ3n) is 3.65. The summed E-state index contributed by atoms with van der Waals surface area (Å²) >= 11 is 0. The highest BCUT2D eigenvalue weighted by Crippen LogP contribution is 2.35. The maximum atomic E-state index is 14.2. The zero-order valence-corrected chi connectivity index (χ0v) is 12.5. The number of hydrogen-bond donors (Lipinski definition) is 2. The molecule has 3 rings (SSSR count). The lowest BCUT2D eigenvalue weighted by Gasteiger charge is -2.21. The molecule has 0 saturated carbocycles. The summed E-state index contributed by atoms with van der Waals surface area (Å²) < 4.78 is 14.2. The predicted octanol–water partition coefficient (Wildman–Crippen LogP) is 3.31. The number of aromatic hydroxyl groups is 1. The Morgan fingerprint density at radius 1 is 1.13 bits per heavy atom. The first-order valence-corrected chi connectivity index (χ1v) is 7.16. The monoisotopic (exact) mass is 310 g/mol. The average Bonchev–Trinajstić information content (AvgIpc) is 2.54. The molecular weight excluding hydrogens is 295 g/mol. The van der Waals surface area contributed by atoms with Crippen LogP contribution in [0.2, 0.25) is 0 Å². The molecule has 0 aliphatic carbocycles. The molecule has 4 nitrogen and oxygen atoms in total. The molecule has 0 fully saturated rings. The van der Waals surface area contributed by atoms with Crippen molar-refractivity contribution in [2.75, 3.05) is 0 Å². The number of benzene rings is 2. The second-order valence-corrected chi connectivity index (χ2v) is 5.23. The molecule has 0 bridgehead atoms. The Morgan fingerprint density at radius 2 is 1.91 bits per heavy atom. The Morgan fingerprint density at radius 3 is 2.65 bits per heavy atom. The number of halogens is 1. The van der Waals surface area contributed by atoms with Gasteiger partial charge in [0.2, 0.25) is 5.91 Å². The van der Waals surface area contributed by atoms with E-state index in [1.54, 1.807) is 42.6 Å². The quantitative estimate of drug-likeness (QED) is 0.780. The third-order valence-corrected chi connectivity index (χ3v) is 3.65. The molecule has 23 heavy (non-hydrogen) atoms. The van der Waals surface area contributed by atoms with E-state index in [9.17, 15) is 14.3 Å². The molecule has 0 radical (unpaired) electrons. The summed E-state index contributed by atoms with van der Waals surface area (Å²) in [5, 5.41) is 14.0. The molecule has 2 N–H and O–H groups in total. The van der Waals surface area contributed by atoms with Crippen LogP contribution in [0.5, 0.6) is 5.75 Å². The highest BCUT2D eigenvalue weighted by atomic mass is 19.1. The molecule has 3 aromatic rings. The summed E-state index contributed by atoms with van der Waals surface area (Å²) in [4.78, 5) is 15.7. The van der Waals surface area contributed by atoms with Crippen LogP contribution in [0, 0.1) is 5.82 Å². The minimum Gasteiger partial charge on any atom is -0.505 e. The van der Waals surface area contributed by atoms with Gasteiger partial charge in [0.05, 0.1) is 6.04 Å². The van der Waals surface area contributed by atoms with Gasteiger partial charge in [-0.1, -0.05) is 36.4 Å². The van der Waals surface area contributed by atoms with Gasteiger partial charge in [0.1, 0.15) is 17.1 Å². The summed E-state index contributed by atoms with van der Waals surface area (Å²) in [5.41, 5.74) is 1.10. The number of amides is 1. The van der Waals surface area contributed by atoms with Gasteiger partial charge in [0.15, 0.2) is 0 Å². The number of carbonyl (C=O) groups is 1. The SMILES string of the molecule is CC(=O)NC(c1ccccc1F)c1ccc2cccnc2c1O. The Bertz CT molecular complexity index is 880. The van der Waals surface area contributed by atoms with Gasteiger partial charge in [-0.05, 0) is 12.1 Å². The van der Waals surface area contributed by atoms with E-state index in [0.717, 1.165) is 5.39 Å². The number of carbonyl (C=O) groups excluding carboxylic acids is 1. The second-order valence-electron chi connectivity index (χ2n) is 5.23. The molecule has 1 heterocycles. The molecule has 0 saturated heterocycles. The maximum Gasteiger partial charge on any atom is 0.217 e. The average molecular weight is 310 g/mol. The van der Waals surface area contributed by atoms with E-state index >= 15 is 0 Å². The fourth-order valence-corrected chi connectivity index (χ4v) is 2.61. The number of phenols is 1. The smallest absolute Gasteiger partial charge is 0.217 e. The highest BCUT2D eigenvalue weighted by Gasteiger charge is 2.23. The van der Waals surface area contributed by atoms with Crippen LogP contribution in [0.25, 0.3) is 10.9 Å². The molecule has 1 unspecified atom stereocenters. The van der Waals surface area contributed by atoms with Crippen molar-refractivity contribution in [1.29, 1.82) is 0 Å². The minimum absolute atomic E-state index is 0.0647. The predicted molar refractivity (Wildman–Crippen MR) is 85.5 cm³/mol. The molecule has 5 heteroatoms. The zero-order chi connectivity index (χ0) is 16.4. The number of fused-ring (bicyclic) bond motifs is 1. The molecule has 1 aromatic heterocycles. The molecular formula is C18H15FN2O2. The first-order valence-electron chi connectivity index (χ1n) is 7.16. The molecule has 1 amide bonds. The zero-order valence-electron chi connectivity index (χ0n) is 12.5. The van der Waals surface area contributed by atoms with Crippen LogP contribution in [0.1, 0.15) is 24.1 Å². The van der Waals surface area contributed by atoms with Gasteiger partial charge in [-0.25, -0.2) is 4.39 Å². The maximum absolute atomic E-state index is 14.2. The van der Waals surface area contributed by atoms with Gasteiger partial charge >= 0.3 is 0 Å². The van der Waals surface area contributed by atoms with Gasteiger partial charge in [-0.2, -0.15) is 0 Å². The molecule has 0 aliphatic heterocycles. The summed E-state index contributed by atoms with van der Waals surface area (Å²) in [6, 6.07) is 12.4. The van der Waals surface area contributed by atoms with Crippen LogP contribution < -0.4 is 5.32 Å². The molecule has 0 aliphatic rings. The number of aromatic nitrogens is 1. The fraction of sp³-hybridized carbons (Fsp3) is 0.111. The van der Waals surface area contributed by atoms with Crippen molar-refractivity contribution in [3.63, 3.8) is 0 Å². The largest absolute Gasteiger partial charge is 0.505 e. The Hall–Kier alpha value is -2.95. The Balaban J connectivity index is 2.19. The second kappa shape index (κ2) is 6.04. The van der Waals surface area contributed by atoms with Crippen molar-refractivity contribution in [1.82, 2.24) is 10.3 Å². The molecule has 116 valence electrons. The third kappa shape index (κ3) is 2.85. The van der Waals surface area contributed by atoms with Gasteiger partial charge in [-0.3, -0.25) is 9.78 Å². The fourth-order valence-electron chi connectivity index (χ4n) is 2.61. The Labute approximate surface area is 132 Å². The van der Waals surface area contributed by atoms with Crippen LogP contribution in [-0.2, 0) is 4.79 Å². The first kappa shape index (κ1) is 15.0. The first-order chi connectivity index (χ1) is 11.1. The highest BCUT2D eigenvalue weighted by molar-refractivity contribution is 5.86. The van der Waals surface area contributed by atoms with E-state index in [2.05, 4.69) is 10.3 Å². The van der Waals surface area contributed by atoms with Crippen molar-refractivity contribution < 1.29 is 14.3 Å². The Kier molecular flexibility index (Phi) is 3.93. The summed E-state index contributed by atoms with van der Waals surface area (Å²) in [7, 11) is 0. The summed E-state index contributed by atoms with van der Waals surface area (Å²) in [6.45, 7) is 1.35. The number of phenolic OH excluding ortho intramolecular Hbond substituents is 1. The van der Waals surface area contributed by atoms with Gasteiger partial charge < -0.3 is 10.4 Å². The van der Waals surface area contributed by atoms with Crippen LogP contribution >= 0.6 is 0 Å². The van der Waals surface area contributed by atoms with E-state index in [1.165, 1.54) is 13.0 Å². The number of nitrogens with one attached hydrogen (secondary N) is 1. The van der Waals surface area contributed by atoms with E-state index < -0.39 is 11.9 Å². The van der Waals surface area contributed by atoms with Gasteiger partial charge in [-0.15, -0.1) is 0 Å². The van der Waals surface area contributed by atoms with Crippen molar-refractivity contribution in [3.8, 4) is 5.75 Å². The van der Waals surface area contributed by atoms with Crippen LogP contribution in [-0.4, -0.2) is 16.0 Å². The van der Waals surface area contributed by atoms with Gasteiger partial charge in [0, 0.05) is 29.6 Å². The standard InChI is InChI=1S/C18H15FN2O2/c1-11(22)21-17(13-6-2-3-7-15(13)19)14-9-8-12-5-4-10-20-16(12)18(14)23/h2-10,17,23H,1H3,(H,21,22). The van der Waals surface area contributed by atoms with Crippen LogP contribution in [0.15, 0.2) is 54.7 Å². The number of rotatable bonds is 3. The lowest BCUT2D eigenvalue weighted by Crippen LogP contribution is -2.27. The van der Waals surface area contributed by atoms with Crippen LogP contribution in [0.4, 0.5) is 4.39 Å². The summed E-state index contributed by atoms with van der Waals surface area (Å²) in [6.07, 6.45) is 1.57. The van der Waals surface area contributed by atoms with Crippen molar-refractivity contribution in [2.45, 2.75) is 13.0 Å². The van der Waals surface area contributed by atoms with E-state index in [-0.39, 0.29) is 17.2 Å². The minimum atomic E-state index is -0.792. The number of pyridine rings is 1. The van der Waals surface area contributed by atoms with E-state index in [0.29, 0.717) is 11.1 Å². The van der Waals surface area contributed by atoms with Gasteiger partial charge in [0.25, 0.3) is 0 Å². The molecule has 2 aromatic carbocycles.